The molecule has 0 radical (unpaired) electrons. The molecule has 8 heteroatoms. The number of hydrogen-bond donors (Lipinski definition) is 3. The number of fused-ring (bicyclic) bond motifs is 1. The lowest BCUT2D eigenvalue weighted by molar-refractivity contribution is -0.143. The molecule has 1 aliphatic heterocycles. The van der Waals surface area contributed by atoms with Crippen LogP contribution >= 0.6 is 0 Å². The van der Waals surface area contributed by atoms with E-state index in [1.165, 1.54) is 12.1 Å². The molecule has 0 unspecified atom stereocenters. The highest BCUT2D eigenvalue weighted by Gasteiger charge is 2.27. The lowest BCUT2D eigenvalue weighted by atomic mass is 9.96. The van der Waals surface area contributed by atoms with Gasteiger partial charge >= 0.3 is 5.97 Å². The average molecular weight is 409 g/mol. The molecule has 1 saturated heterocycles. The minimum atomic E-state index is -0.817. The molecule has 3 N–H and O–H groups in total. The first-order valence-corrected chi connectivity index (χ1v) is 9.62. The second-order valence-electron chi connectivity index (χ2n) is 7.35. The molecule has 2 amide bonds. The summed E-state index contributed by atoms with van der Waals surface area (Å²) in [6, 6.07) is 12.3. The van der Waals surface area contributed by atoms with Crippen molar-refractivity contribution in [1.29, 1.82) is 0 Å². The minimum absolute atomic E-state index is 0.158. The SMILES string of the molecule is O=C(Nc1ccc(C(=O)N2CCC(C(=O)O)CC2)cc1)c1cc2cc(F)ccc2[nH]1. The summed E-state index contributed by atoms with van der Waals surface area (Å²) in [5.74, 6) is -2.12. The second-order valence-corrected chi connectivity index (χ2v) is 7.35. The number of amides is 2. The van der Waals surface area contributed by atoms with Crippen LogP contribution in [-0.2, 0) is 4.79 Å². The fourth-order valence-corrected chi connectivity index (χ4v) is 3.63. The lowest BCUT2D eigenvalue weighted by Crippen LogP contribution is -2.40. The van der Waals surface area contributed by atoms with Crippen LogP contribution in [0.15, 0.2) is 48.5 Å². The van der Waals surface area contributed by atoms with E-state index in [0.717, 1.165) is 0 Å². The number of nitrogens with one attached hydrogen (secondary N) is 2. The quantitative estimate of drug-likeness (QED) is 0.614. The summed E-state index contributed by atoms with van der Waals surface area (Å²) in [5, 5.41) is 12.4. The number of rotatable bonds is 4. The Bertz CT molecular complexity index is 1120. The van der Waals surface area contributed by atoms with Crippen LogP contribution in [0.25, 0.3) is 10.9 Å². The topological polar surface area (TPSA) is 102 Å². The number of carboxylic acids is 1. The molecule has 2 heterocycles. The molecule has 7 nitrogen and oxygen atoms in total. The molecule has 154 valence electrons. The van der Waals surface area contributed by atoms with E-state index in [1.54, 1.807) is 41.3 Å². The molecule has 0 saturated carbocycles. The fraction of sp³-hybridized carbons (Fsp3) is 0.227. The number of likely N-dealkylation sites (tertiary alicyclic amines) is 1. The Morgan fingerprint density at radius 3 is 2.40 bits per heavy atom. The summed E-state index contributed by atoms with van der Waals surface area (Å²) in [6.07, 6.45) is 0.896. The molecule has 1 fully saturated rings. The number of nitrogens with zero attached hydrogens (tertiary/aromatic N) is 1. The number of halogens is 1. The Kier molecular flexibility index (Phi) is 5.22. The Morgan fingerprint density at radius 1 is 1.03 bits per heavy atom. The zero-order valence-electron chi connectivity index (χ0n) is 16.0. The van der Waals surface area contributed by atoms with Gasteiger partial charge < -0.3 is 20.3 Å². The summed E-state index contributed by atoms with van der Waals surface area (Å²) < 4.78 is 13.3. The van der Waals surface area contributed by atoms with E-state index >= 15 is 0 Å². The maximum atomic E-state index is 13.3. The fourth-order valence-electron chi connectivity index (χ4n) is 3.63. The summed E-state index contributed by atoms with van der Waals surface area (Å²) in [5.41, 5.74) is 1.96. The third-order valence-corrected chi connectivity index (χ3v) is 5.35. The highest BCUT2D eigenvalue weighted by Crippen LogP contribution is 2.21. The third kappa shape index (κ3) is 4.03. The van der Waals surface area contributed by atoms with Gasteiger partial charge in [-0.05, 0) is 61.4 Å². The number of hydrogen-bond acceptors (Lipinski definition) is 3. The molecule has 0 aliphatic carbocycles. The van der Waals surface area contributed by atoms with E-state index < -0.39 is 11.9 Å². The van der Waals surface area contributed by atoms with Crippen LogP contribution in [0.4, 0.5) is 10.1 Å². The van der Waals surface area contributed by atoms with Gasteiger partial charge in [-0.1, -0.05) is 0 Å². The van der Waals surface area contributed by atoms with Gasteiger partial charge in [-0.25, -0.2) is 4.39 Å². The first-order chi connectivity index (χ1) is 14.4. The standard InChI is InChI=1S/C22H20FN3O4/c23-16-3-6-18-15(11-16)12-19(25-18)20(27)24-17-4-1-13(2-5-17)21(28)26-9-7-14(8-10-26)22(29)30/h1-6,11-12,14,25H,7-10H2,(H,24,27)(H,29,30). The predicted molar refractivity (Wildman–Crippen MR) is 109 cm³/mol. The van der Waals surface area contributed by atoms with Crippen molar-refractivity contribution >= 4 is 34.4 Å². The molecule has 30 heavy (non-hydrogen) atoms. The predicted octanol–water partition coefficient (Wildman–Crippen LogP) is 3.50. The van der Waals surface area contributed by atoms with E-state index in [9.17, 15) is 18.8 Å². The molecule has 0 atom stereocenters. The van der Waals surface area contributed by atoms with Crippen molar-refractivity contribution in [2.24, 2.45) is 5.92 Å². The second kappa shape index (κ2) is 7.98. The van der Waals surface area contributed by atoms with Crippen LogP contribution < -0.4 is 5.32 Å². The van der Waals surface area contributed by atoms with Crippen molar-refractivity contribution in [3.05, 3.63) is 65.6 Å². The highest BCUT2D eigenvalue weighted by atomic mass is 19.1. The average Bonchev–Trinajstić information content (AvgIpc) is 3.17. The number of H-pyrrole nitrogens is 1. The van der Waals surface area contributed by atoms with Gasteiger partial charge in [0.15, 0.2) is 0 Å². The van der Waals surface area contributed by atoms with Crippen molar-refractivity contribution in [2.45, 2.75) is 12.8 Å². The molecular weight excluding hydrogens is 389 g/mol. The summed E-state index contributed by atoms with van der Waals surface area (Å²) in [4.78, 5) is 40.7. The lowest BCUT2D eigenvalue weighted by Gasteiger charge is -2.30. The van der Waals surface area contributed by atoms with Crippen LogP contribution in [-0.4, -0.2) is 45.9 Å². The van der Waals surface area contributed by atoms with E-state index in [0.29, 0.717) is 53.8 Å². The molecular formula is C22H20FN3O4. The maximum absolute atomic E-state index is 13.3. The van der Waals surface area contributed by atoms with E-state index in [4.69, 9.17) is 5.11 Å². The van der Waals surface area contributed by atoms with Gasteiger partial charge in [-0.15, -0.1) is 0 Å². The molecule has 1 aromatic heterocycles. The molecule has 0 bridgehead atoms. The van der Waals surface area contributed by atoms with Crippen molar-refractivity contribution in [2.75, 3.05) is 18.4 Å². The first-order valence-electron chi connectivity index (χ1n) is 9.62. The number of aromatic amines is 1. The molecule has 1 aliphatic rings. The Hall–Kier alpha value is -3.68. The Labute approximate surface area is 171 Å². The molecule has 4 rings (SSSR count). The van der Waals surface area contributed by atoms with Gasteiger partial charge in [0.25, 0.3) is 11.8 Å². The van der Waals surface area contributed by atoms with Crippen molar-refractivity contribution in [1.82, 2.24) is 9.88 Å². The number of aliphatic carboxylic acids is 1. The van der Waals surface area contributed by atoms with Crippen LogP contribution in [0.1, 0.15) is 33.7 Å². The molecule has 3 aromatic rings. The van der Waals surface area contributed by atoms with Gasteiger partial charge in [0.05, 0.1) is 5.92 Å². The van der Waals surface area contributed by atoms with Gasteiger partial charge in [0.1, 0.15) is 11.5 Å². The number of carbonyl (C=O) groups excluding carboxylic acids is 2. The first kappa shape index (κ1) is 19.6. The van der Waals surface area contributed by atoms with E-state index in [-0.39, 0.29) is 17.6 Å². The zero-order chi connectivity index (χ0) is 21.3. The van der Waals surface area contributed by atoms with Crippen LogP contribution in [0.5, 0.6) is 0 Å². The van der Waals surface area contributed by atoms with Gasteiger partial charge in [-0.3, -0.25) is 14.4 Å². The normalized spacial score (nSPS) is 14.6. The van der Waals surface area contributed by atoms with E-state index in [1.807, 2.05) is 0 Å². The van der Waals surface area contributed by atoms with Crippen molar-refractivity contribution < 1.29 is 23.9 Å². The monoisotopic (exact) mass is 409 g/mol. The molecule has 0 spiro atoms. The summed E-state index contributed by atoms with van der Waals surface area (Å²) in [6.45, 7) is 0.824. The number of piperidine rings is 1. The zero-order valence-corrected chi connectivity index (χ0v) is 16.0. The third-order valence-electron chi connectivity index (χ3n) is 5.35. The summed E-state index contributed by atoms with van der Waals surface area (Å²) >= 11 is 0. The van der Waals surface area contributed by atoms with Crippen LogP contribution in [0, 0.1) is 11.7 Å². The smallest absolute Gasteiger partial charge is 0.306 e. The number of benzene rings is 2. The Morgan fingerprint density at radius 2 is 1.73 bits per heavy atom. The van der Waals surface area contributed by atoms with Crippen molar-refractivity contribution in [3.63, 3.8) is 0 Å². The number of aromatic nitrogens is 1. The van der Waals surface area contributed by atoms with Gasteiger partial charge in [0.2, 0.25) is 0 Å². The maximum Gasteiger partial charge on any atom is 0.306 e. The highest BCUT2D eigenvalue weighted by molar-refractivity contribution is 6.06. The number of anilines is 1. The van der Waals surface area contributed by atoms with E-state index in [2.05, 4.69) is 10.3 Å². The van der Waals surface area contributed by atoms with Crippen LogP contribution in [0.3, 0.4) is 0 Å². The molecule has 2 aromatic carbocycles. The Balaban J connectivity index is 1.40. The van der Waals surface area contributed by atoms with Crippen LogP contribution in [0.2, 0.25) is 0 Å². The number of carbonyl (C=O) groups is 3. The van der Waals surface area contributed by atoms with Gasteiger partial charge in [0, 0.05) is 35.2 Å². The summed E-state index contributed by atoms with van der Waals surface area (Å²) in [7, 11) is 0. The largest absolute Gasteiger partial charge is 0.481 e. The minimum Gasteiger partial charge on any atom is -0.481 e. The van der Waals surface area contributed by atoms with Crippen molar-refractivity contribution in [3.8, 4) is 0 Å². The number of carboxylic acid groups (broad SMARTS) is 1. The van der Waals surface area contributed by atoms with Gasteiger partial charge in [-0.2, -0.15) is 0 Å².